The molecule has 16 heavy (non-hydrogen) atoms. The summed E-state index contributed by atoms with van der Waals surface area (Å²) in [5, 5.41) is 1.74. The van der Waals surface area contributed by atoms with E-state index in [9.17, 15) is 18.0 Å². The van der Waals surface area contributed by atoms with Crippen molar-refractivity contribution in [2.45, 2.75) is 12.2 Å². The van der Waals surface area contributed by atoms with Crippen LogP contribution in [0.15, 0.2) is 30.3 Å². The number of hydrogen-bond donors (Lipinski definition) is 1. The van der Waals surface area contributed by atoms with Crippen LogP contribution in [-0.2, 0) is 4.74 Å². The van der Waals surface area contributed by atoms with E-state index in [4.69, 9.17) is 0 Å². The number of hydrogen-bond acceptors (Lipinski definition) is 2. The van der Waals surface area contributed by atoms with Gasteiger partial charge in [0.1, 0.15) is 0 Å². The second-order valence-corrected chi connectivity index (χ2v) is 3.02. The van der Waals surface area contributed by atoms with E-state index in [0.717, 1.165) is 7.11 Å². The number of carbonyl (C=O) groups is 1. The summed E-state index contributed by atoms with van der Waals surface area (Å²) in [5.74, 6) is 0. The first kappa shape index (κ1) is 12.4. The summed E-state index contributed by atoms with van der Waals surface area (Å²) >= 11 is 0. The number of rotatable bonds is 2. The average molecular weight is 233 g/mol. The Hall–Kier alpha value is -1.72. The molecule has 0 saturated heterocycles. The van der Waals surface area contributed by atoms with Gasteiger partial charge in [0.2, 0.25) is 0 Å². The summed E-state index contributed by atoms with van der Waals surface area (Å²) in [7, 11) is 1.01. The SMILES string of the molecule is COC(=O)N[C@H](c1ccccc1)C(F)(F)F. The van der Waals surface area contributed by atoms with Crippen LogP contribution in [-0.4, -0.2) is 19.4 Å². The Kier molecular flexibility index (Phi) is 3.76. The third-order valence-electron chi connectivity index (χ3n) is 1.91. The van der Waals surface area contributed by atoms with Gasteiger partial charge in [0, 0.05) is 0 Å². The summed E-state index contributed by atoms with van der Waals surface area (Å²) in [6.45, 7) is 0. The lowest BCUT2D eigenvalue weighted by Crippen LogP contribution is -2.37. The second-order valence-electron chi connectivity index (χ2n) is 3.02. The minimum atomic E-state index is -4.56. The van der Waals surface area contributed by atoms with Crippen molar-refractivity contribution in [3.8, 4) is 0 Å². The molecular weight excluding hydrogens is 223 g/mol. The van der Waals surface area contributed by atoms with E-state index in [1.54, 1.807) is 11.4 Å². The van der Waals surface area contributed by atoms with E-state index < -0.39 is 18.3 Å². The standard InChI is InChI=1S/C10H10F3NO2/c1-16-9(15)14-8(10(11,12)13)7-5-3-2-4-6-7/h2-6,8H,1H3,(H,14,15)/t8-/m1/s1. The van der Waals surface area contributed by atoms with E-state index in [2.05, 4.69) is 4.74 Å². The molecule has 3 nitrogen and oxygen atoms in total. The van der Waals surface area contributed by atoms with Crippen molar-refractivity contribution >= 4 is 6.09 Å². The Morgan fingerprint density at radius 2 is 1.88 bits per heavy atom. The molecule has 0 spiro atoms. The largest absolute Gasteiger partial charge is 0.453 e. The summed E-state index contributed by atoms with van der Waals surface area (Å²) in [6, 6.07) is 5.04. The molecule has 0 aromatic heterocycles. The van der Waals surface area contributed by atoms with Gasteiger partial charge in [-0.05, 0) is 5.56 Å². The molecule has 1 N–H and O–H groups in total. The lowest BCUT2D eigenvalue weighted by molar-refractivity contribution is -0.156. The van der Waals surface area contributed by atoms with Crippen LogP contribution in [0.5, 0.6) is 0 Å². The van der Waals surface area contributed by atoms with Crippen molar-refractivity contribution in [2.75, 3.05) is 7.11 Å². The molecule has 0 aliphatic heterocycles. The number of alkyl halides is 3. The zero-order chi connectivity index (χ0) is 12.2. The third-order valence-corrected chi connectivity index (χ3v) is 1.91. The highest BCUT2D eigenvalue weighted by Crippen LogP contribution is 2.32. The molecular formula is C10H10F3NO2. The number of amides is 1. The Morgan fingerprint density at radius 3 is 2.31 bits per heavy atom. The van der Waals surface area contributed by atoms with Crippen LogP contribution in [0.2, 0.25) is 0 Å². The third kappa shape index (κ3) is 3.15. The van der Waals surface area contributed by atoms with Gasteiger partial charge in [0.25, 0.3) is 0 Å². The van der Waals surface area contributed by atoms with Crippen LogP contribution in [0.3, 0.4) is 0 Å². The fourth-order valence-electron chi connectivity index (χ4n) is 1.18. The number of methoxy groups -OCH3 is 1. The molecule has 88 valence electrons. The van der Waals surface area contributed by atoms with Crippen molar-refractivity contribution < 1.29 is 22.7 Å². The summed E-state index contributed by atoms with van der Waals surface area (Å²) in [6.07, 6.45) is -5.68. The Morgan fingerprint density at radius 1 is 1.31 bits per heavy atom. The quantitative estimate of drug-likeness (QED) is 0.852. The van der Waals surface area contributed by atoms with Crippen LogP contribution in [0, 0.1) is 0 Å². The van der Waals surface area contributed by atoms with E-state index in [-0.39, 0.29) is 5.56 Å². The number of nitrogens with one attached hydrogen (secondary N) is 1. The molecule has 1 atom stereocenters. The van der Waals surface area contributed by atoms with Gasteiger partial charge < -0.3 is 10.1 Å². The van der Waals surface area contributed by atoms with Crippen LogP contribution in [0.4, 0.5) is 18.0 Å². The fraction of sp³-hybridized carbons (Fsp3) is 0.300. The maximum Gasteiger partial charge on any atom is 0.412 e. The number of halogens is 3. The minimum absolute atomic E-state index is 0.0413. The molecule has 1 amide bonds. The normalized spacial score (nSPS) is 13.0. The van der Waals surface area contributed by atoms with Gasteiger partial charge >= 0.3 is 12.3 Å². The molecule has 1 rings (SSSR count). The monoisotopic (exact) mass is 233 g/mol. The summed E-state index contributed by atoms with van der Waals surface area (Å²) in [4.78, 5) is 10.8. The van der Waals surface area contributed by atoms with Crippen LogP contribution < -0.4 is 5.32 Å². The molecule has 0 radical (unpaired) electrons. The number of benzene rings is 1. The van der Waals surface area contributed by atoms with E-state index in [0.29, 0.717) is 0 Å². The van der Waals surface area contributed by atoms with Crippen molar-refractivity contribution in [2.24, 2.45) is 0 Å². The van der Waals surface area contributed by atoms with Gasteiger partial charge in [0.05, 0.1) is 7.11 Å². The predicted octanol–water partition coefficient (Wildman–Crippen LogP) is 2.65. The average Bonchev–Trinajstić information content (AvgIpc) is 2.25. The Balaban J connectivity index is 2.93. The number of ether oxygens (including phenoxy) is 1. The molecule has 0 aliphatic carbocycles. The van der Waals surface area contributed by atoms with E-state index >= 15 is 0 Å². The van der Waals surface area contributed by atoms with Crippen molar-refractivity contribution in [3.63, 3.8) is 0 Å². The molecule has 0 bridgehead atoms. The van der Waals surface area contributed by atoms with Crippen molar-refractivity contribution in [3.05, 3.63) is 35.9 Å². The Bertz CT molecular complexity index is 351. The second kappa shape index (κ2) is 4.87. The van der Waals surface area contributed by atoms with Gasteiger partial charge in [-0.3, -0.25) is 0 Å². The minimum Gasteiger partial charge on any atom is -0.453 e. The van der Waals surface area contributed by atoms with Crippen molar-refractivity contribution in [1.82, 2.24) is 5.32 Å². The highest BCUT2D eigenvalue weighted by Gasteiger charge is 2.42. The topological polar surface area (TPSA) is 38.3 Å². The zero-order valence-corrected chi connectivity index (χ0v) is 8.41. The lowest BCUT2D eigenvalue weighted by Gasteiger charge is -2.21. The number of alkyl carbamates (subject to hydrolysis) is 1. The molecule has 0 saturated carbocycles. The first-order chi connectivity index (χ1) is 7.45. The highest BCUT2D eigenvalue weighted by atomic mass is 19.4. The van der Waals surface area contributed by atoms with E-state index in [1.807, 2.05) is 0 Å². The maximum absolute atomic E-state index is 12.6. The molecule has 1 aromatic carbocycles. The summed E-state index contributed by atoms with van der Waals surface area (Å²) < 4.78 is 42.0. The molecule has 1 aromatic rings. The molecule has 6 heteroatoms. The van der Waals surface area contributed by atoms with Gasteiger partial charge in [-0.25, -0.2) is 4.79 Å². The van der Waals surface area contributed by atoms with Crippen LogP contribution >= 0.6 is 0 Å². The maximum atomic E-state index is 12.6. The molecule has 0 heterocycles. The van der Waals surface area contributed by atoms with E-state index in [1.165, 1.54) is 24.3 Å². The Labute approximate surface area is 90.2 Å². The van der Waals surface area contributed by atoms with Gasteiger partial charge in [-0.15, -0.1) is 0 Å². The van der Waals surface area contributed by atoms with Crippen molar-refractivity contribution in [1.29, 1.82) is 0 Å². The fourth-order valence-corrected chi connectivity index (χ4v) is 1.18. The van der Waals surface area contributed by atoms with Gasteiger partial charge in [-0.1, -0.05) is 30.3 Å². The molecule has 0 unspecified atom stereocenters. The van der Waals surface area contributed by atoms with Crippen LogP contribution in [0.1, 0.15) is 11.6 Å². The van der Waals surface area contributed by atoms with Crippen LogP contribution in [0.25, 0.3) is 0 Å². The lowest BCUT2D eigenvalue weighted by atomic mass is 10.1. The van der Waals surface area contributed by atoms with Gasteiger partial charge in [-0.2, -0.15) is 13.2 Å². The molecule has 0 aliphatic rings. The first-order valence-corrected chi connectivity index (χ1v) is 4.41. The number of carbonyl (C=O) groups excluding carboxylic acids is 1. The summed E-state index contributed by atoms with van der Waals surface area (Å²) in [5.41, 5.74) is -0.0413. The molecule has 0 fully saturated rings. The first-order valence-electron chi connectivity index (χ1n) is 4.41. The highest BCUT2D eigenvalue weighted by molar-refractivity contribution is 5.67. The zero-order valence-electron chi connectivity index (χ0n) is 8.41. The van der Waals surface area contributed by atoms with Gasteiger partial charge in [0.15, 0.2) is 6.04 Å². The smallest absolute Gasteiger partial charge is 0.412 e. The predicted molar refractivity (Wildman–Crippen MR) is 50.8 cm³/mol.